The first-order chi connectivity index (χ1) is 7.74. The molecule has 0 radical (unpaired) electrons. The predicted octanol–water partition coefficient (Wildman–Crippen LogP) is 3.72. The van der Waals surface area contributed by atoms with Crippen molar-refractivity contribution in [2.24, 2.45) is 5.16 Å². The van der Waals surface area contributed by atoms with E-state index < -0.39 is 0 Å². The van der Waals surface area contributed by atoms with Gasteiger partial charge in [-0.15, -0.1) is 11.8 Å². The summed E-state index contributed by atoms with van der Waals surface area (Å²) in [5, 5.41) is 12.5. The van der Waals surface area contributed by atoms with E-state index >= 15 is 0 Å². The molecule has 0 saturated carbocycles. The topological polar surface area (TPSA) is 32.6 Å². The fraction of sp³-hybridized carbons (Fsp3) is 0.308. The van der Waals surface area contributed by atoms with Gasteiger partial charge in [-0.1, -0.05) is 35.5 Å². The molecule has 1 atom stereocenters. The average molecular weight is 233 g/mol. The van der Waals surface area contributed by atoms with E-state index in [0.29, 0.717) is 0 Å². The zero-order valence-corrected chi connectivity index (χ0v) is 10.1. The monoisotopic (exact) mass is 233 g/mol. The number of allylic oxidation sites excluding steroid dienone is 2. The largest absolute Gasteiger partial charge is 0.411 e. The molecule has 1 N–H and O–H groups in total. The number of hydrogen-bond donors (Lipinski definition) is 1. The molecule has 0 bridgehead atoms. The van der Waals surface area contributed by atoms with Gasteiger partial charge in [0.1, 0.15) is 0 Å². The fourth-order valence-corrected chi connectivity index (χ4v) is 3.07. The summed E-state index contributed by atoms with van der Waals surface area (Å²) in [6.07, 6.45) is 5.87. The Morgan fingerprint density at radius 1 is 1.25 bits per heavy atom. The third-order valence-electron chi connectivity index (χ3n) is 2.80. The highest BCUT2D eigenvalue weighted by Crippen LogP contribution is 2.39. The number of nitrogens with zero attached hydrogens (tertiary/aromatic N) is 1. The van der Waals surface area contributed by atoms with Crippen molar-refractivity contribution >= 4 is 17.5 Å². The lowest BCUT2D eigenvalue weighted by atomic mass is 9.93. The van der Waals surface area contributed by atoms with Crippen LogP contribution in [0.25, 0.3) is 0 Å². The minimum absolute atomic E-state index is 0.120. The summed E-state index contributed by atoms with van der Waals surface area (Å²) < 4.78 is -0.120. The molecule has 1 aliphatic rings. The predicted molar refractivity (Wildman–Crippen MR) is 68.3 cm³/mol. The summed E-state index contributed by atoms with van der Waals surface area (Å²) in [5.41, 5.74) is 0.851. The third kappa shape index (κ3) is 2.30. The quantitative estimate of drug-likeness (QED) is 0.480. The van der Waals surface area contributed by atoms with Gasteiger partial charge < -0.3 is 5.21 Å². The zero-order valence-electron chi connectivity index (χ0n) is 9.26. The van der Waals surface area contributed by atoms with E-state index in [-0.39, 0.29) is 4.75 Å². The van der Waals surface area contributed by atoms with E-state index in [1.54, 1.807) is 11.8 Å². The molecule has 0 heterocycles. The van der Waals surface area contributed by atoms with Gasteiger partial charge in [-0.2, -0.15) is 0 Å². The average Bonchev–Trinajstić information content (AvgIpc) is 2.30. The first-order valence-corrected chi connectivity index (χ1v) is 6.17. The molecule has 0 spiro atoms. The lowest BCUT2D eigenvalue weighted by Crippen LogP contribution is -2.32. The summed E-state index contributed by atoms with van der Waals surface area (Å²) in [6, 6.07) is 10.2. The van der Waals surface area contributed by atoms with Crippen molar-refractivity contribution in [3.63, 3.8) is 0 Å². The van der Waals surface area contributed by atoms with Gasteiger partial charge in [-0.3, -0.25) is 0 Å². The van der Waals surface area contributed by atoms with Crippen LogP contribution in [0.1, 0.15) is 19.8 Å². The Kier molecular flexibility index (Phi) is 3.34. The maximum absolute atomic E-state index is 9.05. The molecule has 84 valence electrons. The number of thioether (sulfide) groups is 1. The molecule has 2 nitrogen and oxygen atoms in total. The highest BCUT2D eigenvalue weighted by atomic mass is 32.2. The summed E-state index contributed by atoms with van der Waals surface area (Å²) in [5.74, 6) is 0. The summed E-state index contributed by atoms with van der Waals surface area (Å²) >= 11 is 1.76. The zero-order chi connectivity index (χ0) is 11.4. The highest BCUT2D eigenvalue weighted by molar-refractivity contribution is 8.01. The minimum atomic E-state index is -0.120. The lowest BCUT2D eigenvalue weighted by molar-refractivity contribution is 0.315. The van der Waals surface area contributed by atoms with E-state index in [4.69, 9.17) is 5.21 Å². The molecule has 1 unspecified atom stereocenters. The smallest absolute Gasteiger partial charge is 0.0772 e. The third-order valence-corrected chi connectivity index (χ3v) is 4.16. The molecule has 1 aliphatic carbocycles. The standard InChI is InChI=1S/C13H15NOS/c1-13(10-6-5-9-12(13)14-15)16-11-7-3-2-4-8-11/h2-8,15H,9-10H2,1H3/b14-12-. The van der Waals surface area contributed by atoms with Crippen LogP contribution >= 0.6 is 11.8 Å². The van der Waals surface area contributed by atoms with E-state index in [1.807, 2.05) is 18.2 Å². The normalized spacial score (nSPS) is 27.2. The van der Waals surface area contributed by atoms with E-state index in [2.05, 4.69) is 36.4 Å². The van der Waals surface area contributed by atoms with Crippen molar-refractivity contribution in [1.29, 1.82) is 0 Å². The molecular formula is C13H15NOS. The van der Waals surface area contributed by atoms with Crippen molar-refractivity contribution in [3.05, 3.63) is 42.5 Å². The van der Waals surface area contributed by atoms with Crippen LogP contribution in [-0.4, -0.2) is 15.7 Å². The van der Waals surface area contributed by atoms with E-state index in [0.717, 1.165) is 18.6 Å². The van der Waals surface area contributed by atoms with Crippen LogP contribution in [0.15, 0.2) is 52.5 Å². The van der Waals surface area contributed by atoms with Crippen LogP contribution in [0.3, 0.4) is 0 Å². The SMILES string of the molecule is CC1(Sc2ccccc2)CC=CC/C1=N/O. The van der Waals surface area contributed by atoms with Crippen molar-refractivity contribution in [2.75, 3.05) is 0 Å². The Bertz CT molecular complexity index is 413. The number of rotatable bonds is 2. The Morgan fingerprint density at radius 2 is 2.00 bits per heavy atom. The number of hydrogen-bond acceptors (Lipinski definition) is 3. The van der Waals surface area contributed by atoms with Gasteiger partial charge in [0.15, 0.2) is 0 Å². The molecule has 1 aromatic rings. The fourth-order valence-electron chi connectivity index (χ4n) is 1.83. The van der Waals surface area contributed by atoms with E-state index in [1.165, 1.54) is 4.90 Å². The summed E-state index contributed by atoms with van der Waals surface area (Å²) in [4.78, 5) is 1.21. The van der Waals surface area contributed by atoms with E-state index in [9.17, 15) is 0 Å². The Labute approximate surface area is 100 Å². The molecule has 0 saturated heterocycles. The number of benzene rings is 1. The number of oxime groups is 1. The minimum Gasteiger partial charge on any atom is -0.411 e. The highest BCUT2D eigenvalue weighted by Gasteiger charge is 2.32. The maximum atomic E-state index is 9.05. The summed E-state index contributed by atoms with van der Waals surface area (Å²) in [6.45, 7) is 2.13. The first kappa shape index (κ1) is 11.3. The molecule has 0 amide bonds. The maximum Gasteiger partial charge on any atom is 0.0772 e. The van der Waals surface area contributed by atoms with Gasteiger partial charge in [0.2, 0.25) is 0 Å². The van der Waals surface area contributed by atoms with Gasteiger partial charge in [-0.05, 0) is 25.5 Å². The molecule has 0 aromatic heterocycles. The van der Waals surface area contributed by atoms with Crippen LogP contribution in [0, 0.1) is 0 Å². The van der Waals surface area contributed by atoms with Gasteiger partial charge in [0.25, 0.3) is 0 Å². The molecular weight excluding hydrogens is 218 g/mol. The van der Waals surface area contributed by atoms with Crippen LogP contribution < -0.4 is 0 Å². The first-order valence-electron chi connectivity index (χ1n) is 5.35. The molecule has 0 aliphatic heterocycles. The molecule has 16 heavy (non-hydrogen) atoms. The Balaban J connectivity index is 2.22. The second-order valence-corrected chi connectivity index (χ2v) is 5.65. The van der Waals surface area contributed by atoms with Gasteiger partial charge in [0.05, 0.1) is 10.5 Å². The Morgan fingerprint density at radius 3 is 2.69 bits per heavy atom. The molecule has 2 rings (SSSR count). The van der Waals surface area contributed by atoms with Gasteiger partial charge in [0, 0.05) is 11.3 Å². The van der Waals surface area contributed by atoms with Crippen molar-refractivity contribution in [2.45, 2.75) is 29.4 Å². The van der Waals surface area contributed by atoms with Crippen LogP contribution in [0.2, 0.25) is 0 Å². The van der Waals surface area contributed by atoms with Crippen molar-refractivity contribution < 1.29 is 5.21 Å². The van der Waals surface area contributed by atoms with Gasteiger partial charge in [-0.25, -0.2) is 0 Å². The van der Waals surface area contributed by atoms with Crippen LogP contribution in [-0.2, 0) is 0 Å². The molecule has 1 aromatic carbocycles. The summed E-state index contributed by atoms with van der Waals surface area (Å²) in [7, 11) is 0. The van der Waals surface area contributed by atoms with Gasteiger partial charge >= 0.3 is 0 Å². The van der Waals surface area contributed by atoms with Crippen molar-refractivity contribution in [3.8, 4) is 0 Å². The van der Waals surface area contributed by atoms with Crippen LogP contribution in [0.5, 0.6) is 0 Å². The van der Waals surface area contributed by atoms with Crippen LogP contribution in [0.4, 0.5) is 0 Å². The second kappa shape index (κ2) is 4.74. The van der Waals surface area contributed by atoms with Crippen molar-refractivity contribution in [1.82, 2.24) is 0 Å². The lowest BCUT2D eigenvalue weighted by Gasteiger charge is -2.30. The Hall–Kier alpha value is -1.22. The molecule has 3 heteroatoms. The molecule has 0 fully saturated rings. The second-order valence-electron chi connectivity index (χ2n) is 4.07.